The van der Waals surface area contributed by atoms with Gasteiger partial charge in [0.1, 0.15) is 0 Å². The van der Waals surface area contributed by atoms with Crippen LogP contribution in [0.2, 0.25) is 0 Å². The van der Waals surface area contributed by atoms with Gasteiger partial charge in [0.2, 0.25) is 0 Å². The molecule has 0 fully saturated rings. The first-order valence-corrected chi connectivity index (χ1v) is 9.93. The van der Waals surface area contributed by atoms with Crippen molar-refractivity contribution in [2.75, 3.05) is 0 Å². The first-order chi connectivity index (χ1) is 11.2. The summed E-state index contributed by atoms with van der Waals surface area (Å²) in [7, 11) is 0. The van der Waals surface area contributed by atoms with Gasteiger partial charge in [-0.2, -0.15) is 0 Å². The Bertz CT molecular complexity index is 408. The van der Waals surface area contributed by atoms with Gasteiger partial charge in [-0.3, -0.25) is 4.79 Å². The summed E-state index contributed by atoms with van der Waals surface area (Å²) in [5.41, 5.74) is 1.85. The molecule has 0 bridgehead atoms. The average molecular weight is 320 g/mol. The molecule has 0 aliphatic rings. The fourth-order valence-electron chi connectivity index (χ4n) is 3.10. The molecule has 23 heavy (non-hydrogen) atoms. The number of nitrogens with one attached hydrogen (secondary N) is 1. The van der Waals surface area contributed by atoms with Gasteiger partial charge in [-0.05, 0) is 25.5 Å². The van der Waals surface area contributed by atoms with Crippen molar-refractivity contribution in [1.82, 2.24) is 4.98 Å². The Hall–Kier alpha value is -1.05. The van der Waals surface area contributed by atoms with E-state index in [9.17, 15) is 4.79 Å². The number of rotatable bonds is 15. The molecule has 0 saturated heterocycles. The SMILES string of the molecule is CCCCCCCCCCCCCCCC(=O)c1ccc(C)[nH]1. The number of carbonyl (C=O) groups is 1. The number of unbranched alkanes of at least 4 members (excludes halogenated alkanes) is 12. The molecule has 2 heteroatoms. The topological polar surface area (TPSA) is 32.9 Å². The van der Waals surface area contributed by atoms with Crippen LogP contribution in [0, 0.1) is 6.92 Å². The molecule has 2 nitrogen and oxygen atoms in total. The zero-order valence-corrected chi connectivity index (χ0v) is 15.5. The molecular formula is C21H37NO. The number of carbonyl (C=O) groups excluding carboxylic acids is 1. The minimum Gasteiger partial charge on any atom is -0.356 e. The molecule has 0 radical (unpaired) electrons. The Morgan fingerprint density at radius 3 is 1.70 bits per heavy atom. The highest BCUT2D eigenvalue weighted by molar-refractivity contribution is 5.94. The number of H-pyrrole nitrogens is 1. The van der Waals surface area contributed by atoms with Crippen LogP contribution in [0.5, 0.6) is 0 Å². The number of aromatic nitrogens is 1. The van der Waals surface area contributed by atoms with E-state index in [2.05, 4.69) is 11.9 Å². The van der Waals surface area contributed by atoms with E-state index in [1.165, 1.54) is 77.0 Å². The molecule has 0 aromatic carbocycles. The van der Waals surface area contributed by atoms with E-state index in [0.29, 0.717) is 6.42 Å². The van der Waals surface area contributed by atoms with Crippen LogP contribution in [0.15, 0.2) is 12.1 Å². The molecule has 0 aliphatic carbocycles. The Labute approximate surface area is 143 Å². The van der Waals surface area contributed by atoms with E-state index < -0.39 is 0 Å². The third kappa shape index (κ3) is 10.4. The number of Topliss-reactive ketones (excluding diaryl/α,β-unsaturated/α-hetero) is 1. The molecule has 0 unspecified atom stereocenters. The molecule has 1 aromatic rings. The molecule has 0 aliphatic heterocycles. The molecule has 0 spiro atoms. The maximum atomic E-state index is 11.9. The Morgan fingerprint density at radius 2 is 1.26 bits per heavy atom. The second kappa shape index (κ2) is 13.4. The van der Waals surface area contributed by atoms with Gasteiger partial charge in [0.05, 0.1) is 5.69 Å². The van der Waals surface area contributed by atoms with Crippen molar-refractivity contribution in [1.29, 1.82) is 0 Å². The van der Waals surface area contributed by atoms with Crippen molar-refractivity contribution < 1.29 is 4.79 Å². The Morgan fingerprint density at radius 1 is 0.783 bits per heavy atom. The van der Waals surface area contributed by atoms with Crippen LogP contribution >= 0.6 is 0 Å². The van der Waals surface area contributed by atoms with Gasteiger partial charge in [-0.25, -0.2) is 0 Å². The van der Waals surface area contributed by atoms with Gasteiger partial charge in [0, 0.05) is 12.1 Å². The minimum absolute atomic E-state index is 0.265. The van der Waals surface area contributed by atoms with E-state index in [0.717, 1.165) is 17.8 Å². The fraction of sp³-hybridized carbons (Fsp3) is 0.762. The number of ketones is 1. The van der Waals surface area contributed by atoms with Gasteiger partial charge in [0.15, 0.2) is 5.78 Å². The molecule has 1 rings (SSSR count). The quantitative estimate of drug-likeness (QED) is 0.274. The van der Waals surface area contributed by atoms with Crippen molar-refractivity contribution in [2.45, 2.75) is 104 Å². The van der Waals surface area contributed by atoms with E-state index in [4.69, 9.17) is 0 Å². The predicted octanol–water partition coefficient (Wildman–Crippen LogP) is 6.99. The van der Waals surface area contributed by atoms with Crippen molar-refractivity contribution in [3.63, 3.8) is 0 Å². The third-order valence-electron chi connectivity index (χ3n) is 4.64. The highest BCUT2D eigenvalue weighted by Gasteiger charge is 2.06. The maximum absolute atomic E-state index is 11.9. The second-order valence-electron chi connectivity index (χ2n) is 6.97. The molecule has 1 N–H and O–H groups in total. The molecule has 1 heterocycles. The van der Waals surface area contributed by atoms with E-state index in [1.54, 1.807) is 0 Å². The molecular weight excluding hydrogens is 282 g/mol. The Kier molecular flexibility index (Phi) is 11.6. The molecule has 132 valence electrons. The summed E-state index contributed by atoms with van der Waals surface area (Å²) >= 11 is 0. The molecule has 0 saturated carbocycles. The maximum Gasteiger partial charge on any atom is 0.179 e. The van der Waals surface area contributed by atoms with Crippen LogP contribution < -0.4 is 0 Å². The largest absolute Gasteiger partial charge is 0.356 e. The van der Waals surface area contributed by atoms with Crippen molar-refractivity contribution in [3.8, 4) is 0 Å². The van der Waals surface area contributed by atoms with Crippen LogP contribution in [-0.4, -0.2) is 10.8 Å². The van der Waals surface area contributed by atoms with Crippen LogP contribution in [0.3, 0.4) is 0 Å². The first kappa shape index (κ1) is 20.0. The monoisotopic (exact) mass is 319 g/mol. The highest BCUT2D eigenvalue weighted by atomic mass is 16.1. The van der Waals surface area contributed by atoms with Crippen LogP contribution in [-0.2, 0) is 0 Å². The second-order valence-corrected chi connectivity index (χ2v) is 6.97. The number of hydrogen-bond donors (Lipinski definition) is 1. The van der Waals surface area contributed by atoms with Gasteiger partial charge >= 0.3 is 0 Å². The fourth-order valence-corrected chi connectivity index (χ4v) is 3.10. The zero-order valence-electron chi connectivity index (χ0n) is 15.5. The first-order valence-electron chi connectivity index (χ1n) is 9.93. The van der Waals surface area contributed by atoms with Gasteiger partial charge in [-0.1, -0.05) is 84.0 Å². The highest BCUT2D eigenvalue weighted by Crippen LogP contribution is 2.14. The summed E-state index contributed by atoms with van der Waals surface area (Å²) in [4.78, 5) is 15.1. The lowest BCUT2D eigenvalue weighted by Gasteiger charge is -2.03. The molecule has 1 aromatic heterocycles. The standard InChI is InChI=1S/C21H37NO/c1-3-4-5-6-7-8-9-10-11-12-13-14-15-16-21(23)20-18-17-19(2)22-20/h17-18,22H,3-16H2,1-2H3. The van der Waals surface area contributed by atoms with Crippen molar-refractivity contribution in [2.24, 2.45) is 0 Å². The molecule has 0 atom stereocenters. The number of aryl methyl sites for hydroxylation is 1. The van der Waals surface area contributed by atoms with Gasteiger partial charge in [-0.15, -0.1) is 0 Å². The van der Waals surface area contributed by atoms with E-state index >= 15 is 0 Å². The summed E-state index contributed by atoms with van der Waals surface area (Å²) in [6.07, 6.45) is 18.2. The smallest absolute Gasteiger partial charge is 0.179 e. The van der Waals surface area contributed by atoms with E-state index in [-0.39, 0.29) is 5.78 Å². The lowest BCUT2D eigenvalue weighted by Crippen LogP contribution is -1.99. The van der Waals surface area contributed by atoms with Crippen LogP contribution in [0.1, 0.15) is 113 Å². The molecule has 0 amide bonds. The summed E-state index contributed by atoms with van der Waals surface area (Å²) in [5, 5.41) is 0. The Balaban J connectivity index is 1.82. The third-order valence-corrected chi connectivity index (χ3v) is 4.64. The van der Waals surface area contributed by atoms with Gasteiger partial charge < -0.3 is 4.98 Å². The lowest BCUT2D eigenvalue weighted by atomic mass is 10.0. The minimum atomic E-state index is 0.265. The van der Waals surface area contributed by atoms with Crippen molar-refractivity contribution >= 4 is 5.78 Å². The van der Waals surface area contributed by atoms with Gasteiger partial charge in [0.25, 0.3) is 0 Å². The predicted molar refractivity (Wildman–Crippen MR) is 100 cm³/mol. The summed E-state index contributed by atoms with van der Waals surface area (Å²) in [6, 6.07) is 3.87. The lowest BCUT2D eigenvalue weighted by molar-refractivity contribution is 0.0974. The number of hydrogen-bond acceptors (Lipinski definition) is 1. The van der Waals surface area contributed by atoms with Crippen LogP contribution in [0.4, 0.5) is 0 Å². The average Bonchev–Trinajstić information content (AvgIpc) is 2.98. The van der Waals surface area contributed by atoms with Crippen LogP contribution in [0.25, 0.3) is 0 Å². The zero-order chi connectivity index (χ0) is 16.8. The number of aromatic amines is 1. The van der Waals surface area contributed by atoms with Crippen molar-refractivity contribution in [3.05, 3.63) is 23.5 Å². The normalized spacial score (nSPS) is 11.0. The van der Waals surface area contributed by atoms with E-state index in [1.807, 2.05) is 19.1 Å². The summed E-state index contributed by atoms with van der Waals surface area (Å²) in [5.74, 6) is 0.265. The summed E-state index contributed by atoms with van der Waals surface area (Å²) < 4.78 is 0. The summed E-state index contributed by atoms with van der Waals surface area (Å²) in [6.45, 7) is 4.26.